The summed E-state index contributed by atoms with van der Waals surface area (Å²) in [4.78, 5) is 0. The molecular formula is C21H38O8. The summed E-state index contributed by atoms with van der Waals surface area (Å²) < 4.78 is 11.2. The van der Waals surface area contributed by atoms with Crippen molar-refractivity contribution in [2.24, 2.45) is 0 Å². The zero-order valence-electron chi connectivity index (χ0n) is 17.9. The van der Waals surface area contributed by atoms with Crippen LogP contribution in [0.15, 0.2) is 23.3 Å². The SMILES string of the molecule is C/C(=C\CO)CC/C=C(\C)CC[C@H](O[C@@H]1O[C@H](CO)[C@@H](O)[C@H](O)[C@H]1O)C(C)(C)O. The Morgan fingerprint density at radius 1 is 1.00 bits per heavy atom. The first kappa shape index (κ1) is 26.2. The molecule has 6 atom stereocenters. The van der Waals surface area contributed by atoms with Gasteiger partial charge in [-0.25, -0.2) is 0 Å². The van der Waals surface area contributed by atoms with Gasteiger partial charge < -0.3 is 40.1 Å². The van der Waals surface area contributed by atoms with Crippen molar-refractivity contribution < 1.29 is 40.1 Å². The van der Waals surface area contributed by atoms with Crippen molar-refractivity contribution in [1.29, 1.82) is 0 Å². The summed E-state index contributed by atoms with van der Waals surface area (Å²) in [7, 11) is 0. The van der Waals surface area contributed by atoms with E-state index in [1.54, 1.807) is 19.9 Å². The zero-order valence-corrected chi connectivity index (χ0v) is 17.9. The predicted molar refractivity (Wildman–Crippen MR) is 108 cm³/mol. The molecule has 1 saturated heterocycles. The summed E-state index contributed by atoms with van der Waals surface area (Å²) in [5.41, 5.74) is 1.00. The average molecular weight is 419 g/mol. The van der Waals surface area contributed by atoms with Crippen LogP contribution in [0.3, 0.4) is 0 Å². The maximum atomic E-state index is 10.5. The number of hydrogen-bond donors (Lipinski definition) is 6. The van der Waals surface area contributed by atoms with Crippen LogP contribution >= 0.6 is 0 Å². The molecular weight excluding hydrogens is 380 g/mol. The molecule has 1 aliphatic rings. The van der Waals surface area contributed by atoms with Crippen molar-refractivity contribution in [1.82, 2.24) is 0 Å². The summed E-state index contributed by atoms with van der Waals surface area (Å²) >= 11 is 0. The fourth-order valence-corrected chi connectivity index (χ4v) is 3.19. The van der Waals surface area contributed by atoms with E-state index in [9.17, 15) is 25.5 Å². The molecule has 8 nitrogen and oxygen atoms in total. The molecule has 0 aliphatic carbocycles. The quantitative estimate of drug-likeness (QED) is 0.265. The maximum absolute atomic E-state index is 10.5. The van der Waals surface area contributed by atoms with Crippen LogP contribution in [-0.4, -0.2) is 86.3 Å². The van der Waals surface area contributed by atoms with Crippen molar-refractivity contribution in [3.63, 3.8) is 0 Å². The Hall–Kier alpha value is -0.840. The highest BCUT2D eigenvalue weighted by Gasteiger charge is 2.46. The molecule has 1 aliphatic heterocycles. The molecule has 1 heterocycles. The van der Waals surface area contributed by atoms with E-state index in [1.807, 2.05) is 13.8 Å². The van der Waals surface area contributed by atoms with E-state index in [-0.39, 0.29) is 6.61 Å². The second kappa shape index (κ2) is 12.1. The van der Waals surface area contributed by atoms with Crippen LogP contribution in [0, 0.1) is 0 Å². The third kappa shape index (κ3) is 8.43. The van der Waals surface area contributed by atoms with Gasteiger partial charge in [0.1, 0.15) is 24.4 Å². The summed E-state index contributed by atoms with van der Waals surface area (Å²) in [5.74, 6) is 0. The van der Waals surface area contributed by atoms with Crippen LogP contribution in [0.4, 0.5) is 0 Å². The Labute approximate surface area is 173 Å². The lowest BCUT2D eigenvalue weighted by Crippen LogP contribution is -2.60. The summed E-state index contributed by atoms with van der Waals surface area (Å²) in [6, 6.07) is 0. The van der Waals surface area contributed by atoms with E-state index in [0.29, 0.717) is 12.8 Å². The first-order valence-electron chi connectivity index (χ1n) is 10.1. The second-order valence-electron chi connectivity index (χ2n) is 8.34. The number of rotatable bonds is 11. The lowest BCUT2D eigenvalue weighted by molar-refractivity contribution is -0.322. The Morgan fingerprint density at radius 3 is 2.17 bits per heavy atom. The van der Waals surface area contributed by atoms with E-state index < -0.39 is 49.0 Å². The normalized spacial score (nSPS) is 30.5. The highest BCUT2D eigenvalue weighted by atomic mass is 16.7. The van der Waals surface area contributed by atoms with Crippen LogP contribution in [0.5, 0.6) is 0 Å². The minimum Gasteiger partial charge on any atom is -0.394 e. The summed E-state index contributed by atoms with van der Waals surface area (Å²) in [6.07, 6.45) is -0.848. The fraction of sp³-hybridized carbons (Fsp3) is 0.810. The van der Waals surface area contributed by atoms with Gasteiger partial charge in [-0.2, -0.15) is 0 Å². The van der Waals surface area contributed by atoms with Gasteiger partial charge in [-0.3, -0.25) is 0 Å². The Kier molecular flexibility index (Phi) is 10.9. The molecule has 0 aromatic heterocycles. The van der Waals surface area contributed by atoms with E-state index in [0.717, 1.165) is 24.0 Å². The Bertz CT molecular complexity index is 537. The highest BCUT2D eigenvalue weighted by Crippen LogP contribution is 2.28. The van der Waals surface area contributed by atoms with E-state index in [1.165, 1.54) is 0 Å². The molecule has 6 N–H and O–H groups in total. The average Bonchev–Trinajstić information content (AvgIpc) is 2.64. The number of allylic oxidation sites excluding steroid dienone is 3. The van der Waals surface area contributed by atoms with E-state index in [2.05, 4.69) is 6.08 Å². The number of ether oxygens (including phenoxy) is 2. The first-order valence-corrected chi connectivity index (χ1v) is 10.1. The van der Waals surface area contributed by atoms with Gasteiger partial charge in [-0.15, -0.1) is 0 Å². The summed E-state index contributed by atoms with van der Waals surface area (Å²) in [6.45, 7) is 6.63. The Morgan fingerprint density at radius 2 is 1.62 bits per heavy atom. The van der Waals surface area contributed by atoms with E-state index in [4.69, 9.17) is 14.6 Å². The number of aliphatic hydroxyl groups is 6. The topological polar surface area (TPSA) is 140 Å². The van der Waals surface area contributed by atoms with Gasteiger partial charge in [0, 0.05) is 0 Å². The Balaban J connectivity index is 2.70. The minimum atomic E-state index is -1.52. The smallest absolute Gasteiger partial charge is 0.187 e. The van der Waals surface area contributed by atoms with Crippen LogP contribution in [0.2, 0.25) is 0 Å². The lowest BCUT2D eigenvalue weighted by Gasteiger charge is -2.42. The van der Waals surface area contributed by atoms with Gasteiger partial charge in [0.25, 0.3) is 0 Å². The molecule has 0 radical (unpaired) electrons. The van der Waals surface area contributed by atoms with Crippen molar-refractivity contribution in [3.05, 3.63) is 23.3 Å². The third-order valence-electron chi connectivity index (χ3n) is 5.21. The second-order valence-corrected chi connectivity index (χ2v) is 8.34. The molecule has 170 valence electrons. The number of hydrogen-bond acceptors (Lipinski definition) is 8. The van der Waals surface area contributed by atoms with Crippen LogP contribution in [0.1, 0.15) is 53.4 Å². The number of aliphatic hydroxyl groups excluding tert-OH is 5. The first-order chi connectivity index (χ1) is 13.5. The van der Waals surface area contributed by atoms with Crippen LogP contribution in [-0.2, 0) is 9.47 Å². The monoisotopic (exact) mass is 418 g/mol. The fourth-order valence-electron chi connectivity index (χ4n) is 3.19. The predicted octanol–water partition coefficient (Wildman–Crippen LogP) is 0.388. The molecule has 0 aromatic rings. The van der Waals surface area contributed by atoms with Crippen LogP contribution in [0.25, 0.3) is 0 Å². The third-order valence-corrected chi connectivity index (χ3v) is 5.21. The minimum absolute atomic E-state index is 0.0388. The van der Waals surface area contributed by atoms with Crippen molar-refractivity contribution >= 4 is 0 Å². The van der Waals surface area contributed by atoms with E-state index >= 15 is 0 Å². The highest BCUT2D eigenvalue weighted by molar-refractivity contribution is 5.04. The van der Waals surface area contributed by atoms with Crippen molar-refractivity contribution in [2.75, 3.05) is 13.2 Å². The largest absolute Gasteiger partial charge is 0.394 e. The molecule has 0 aromatic carbocycles. The van der Waals surface area contributed by atoms with Gasteiger partial charge in [-0.1, -0.05) is 23.3 Å². The van der Waals surface area contributed by atoms with Gasteiger partial charge >= 0.3 is 0 Å². The molecule has 0 unspecified atom stereocenters. The van der Waals surface area contributed by atoms with Crippen molar-refractivity contribution in [3.8, 4) is 0 Å². The van der Waals surface area contributed by atoms with Gasteiger partial charge in [0.05, 0.1) is 24.9 Å². The van der Waals surface area contributed by atoms with Crippen LogP contribution < -0.4 is 0 Å². The maximum Gasteiger partial charge on any atom is 0.187 e. The molecule has 8 heteroatoms. The zero-order chi connectivity index (χ0) is 22.2. The molecule has 29 heavy (non-hydrogen) atoms. The molecule has 0 spiro atoms. The van der Waals surface area contributed by atoms with Gasteiger partial charge in [-0.05, 0) is 53.4 Å². The van der Waals surface area contributed by atoms with Gasteiger partial charge in [0.15, 0.2) is 6.29 Å². The van der Waals surface area contributed by atoms with Crippen molar-refractivity contribution in [2.45, 2.75) is 95.8 Å². The molecule has 0 saturated carbocycles. The molecule has 0 amide bonds. The van der Waals surface area contributed by atoms with Gasteiger partial charge in [0.2, 0.25) is 0 Å². The lowest BCUT2D eigenvalue weighted by atomic mass is 9.94. The standard InChI is InChI=1S/C21H38O8/c1-13(6-5-7-14(2)10-11-22)8-9-16(21(3,4)27)29-20-19(26)18(25)17(24)15(12-23)28-20/h6,10,15-20,22-27H,5,7-9,11-12H2,1-4H3/b13-6+,14-10+/t15-,16+,17-,18+,19-,20+/m1/s1. The summed E-state index contributed by atoms with van der Waals surface area (Å²) in [5, 5.41) is 58.6. The molecule has 1 fully saturated rings. The molecule has 1 rings (SSSR count). The molecule has 0 bridgehead atoms.